The van der Waals surface area contributed by atoms with Crippen LogP contribution in [0.15, 0.2) is 10.5 Å². The van der Waals surface area contributed by atoms with E-state index in [1.165, 1.54) is 6.07 Å². The molecule has 1 aromatic heterocycles. The minimum absolute atomic E-state index is 0.0280. The third-order valence-corrected chi connectivity index (χ3v) is 3.64. The molecule has 6 heteroatoms. The van der Waals surface area contributed by atoms with Crippen LogP contribution in [0.25, 0.3) is 0 Å². The maximum atomic E-state index is 12.0. The predicted molar refractivity (Wildman–Crippen MR) is 74.4 cm³/mol. The van der Waals surface area contributed by atoms with Gasteiger partial charge in [0.1, 0.15) is 17.1 Å². The van der Waals surface area contributed by atoms with Gasteiger partial charge in [-0.05, 0) is 19.2 Å². The Kier molecular flexibility index (Phi) is 5.47. The predicted octanol–water partition coefficient (Wildman–Crippen LogP) is 2.24. The van der Waals surface area contributed by atoms with E-state index in [1.807, 2.05) is 13.2 Å². The molecule has 5 nitrogen and oxygen atoms in total. The van der Waals surface area contributed by atoms with E-state index in [9.17, 15) is 9.59 Å². The Bertz CT molecular complexity index is 469. The number of carboxylic acids is 1. The van der Waals surface area contributed by atoms with Crippen LogP contribution in [0, 0.1) is 12.8 Å². The summed E-state index contributed by atoms with van der Waals surface area (Å²) in [5, 5.41) is 8.94. The van der Waals surface area contributed by atoms with Gasteiger partial charge in [-0.15, -0.1) is 0 Å². The second kappa shape index (κ2) is 6.65. The van der Waals surface area contributed by atoms with Crippen molar-refractivity contribution < 1.29 is 19.1 Å². The van der Waals surface area contributed by atoms with Gasteiger partial charge >= 0.3 is 5.97 Å². The van der Waals surface area contributed by atoms with Crippen LogP contribution in [0.2, 0.25) is 0 Å². The number of aryl methyl sites for hydroxylation is 1. The molecule has 19 heavy (non-hydrogen) atoms. The zero-order chi connectivity index (χ0) is 14.6. The fourth-order valence-corrected chi connectivity index (χ4v) is 2.49. The van der Waals surface area contributed by atoms with Crippen molar-refractivity contribution in [1.82, 2.24) is 4.90 Å². The lowest BCUT2D eigenvalue weighted by Gasteiger charge is -2.19. The van der Waals surface area contributed by atoms with Crippen molar-refractivity contribution >= 4 is 23.6 Å². The first-order valence-electron chi connectivity index (χ1n) is 5.93. The highest BCUT2D eigenvalue weighted by atomic mass is 32.2. The Labute approximate surface area is 117 Å². The van der Waals surface area contributed by atoms with Crippen molar-refractivity contribution in [1.29, 1.82) is 0 Å². The van der Waals surface area contributed by atoms with Crippen molar-refractivity contribution in [2.45, 2.75) is 20.4 Å². The third kappa shape index (κ3) is 4.02. The lowest BCUT2D eigenvalue weighted by molar-refractivity contribution is -0.133. The molecule has 1 rings (SSSR count). The Hall–Kier alpha value is -1.43. The molecule has 0 bridgehead atoms. The molecule has 0 spiro atoms. The molecular formula is C13H19NO4S. The van der Waals surface area contributed by atoms with Crippen molar-refractivity contribution in [2.24, 2.45) is 5.92 Å². The average molecular weight is 285 g/mol. The summed E-state index contributed by atoms with van der Waals surface area (Å²) in [5.41, 5.74) is 0.146. The number of hydrogen-bond donors (Lipinski definition) is 1. The zero-order valence-corrected chi connectivity index (χ0v) is 12.4. The number of rotatable bonds is 6. The van der Waals surface area contributed by atoms with Crippen LogP contribution >= 0.6 is 11.8 Å². The van der Waals surface area contributed by atoms with Crippen LogP contribution in [-0.4, -0.2) is 40.9 Å². The molecule has 1 atom stereocenters. The van der Waals surface area contributed by atoms with E-state index in [1.54, 1.807) is 30.6 Å². The van der Waals surface area contributed by atoms with E-state index in [4.69, 9.17) is 9.52 Å². The minimum atomic E-state index is -1.02. The molecule has 0 aliphatic rings. The smallest absolute Gasteiger partial charge is 0.339 e. The summed E-state index contributed by atoms with van der Waals surface area (Å²) in [6, 6.07) is 1.47. The molecule has 1 aromatic rings. The molecule has 0 aliphatic carbocycles. The molecule has 106 valence electrons. The van der Waals surface area contributed by atoms with Crippen LogP contribution in [0.3, 0.4) is 0 Å². The fourth-order valence-electron chi connectivity index (χ4n) is 1.84. The zero-order valence-electron chi connectivity index (χ0n) is 11.6. The lowest BCUT2D eigenvalue weighted by atomic mass is 10.2. The Balaban J connectivity index is 2.71. The van der Waals surface area contributed by atoms with Gasteiger partial charge in [0.05, 0.1) is 6.54 Å². The van der Waals surface area contributed by atoms with Crippen LogP contribution < -0.4 is 0 Å². The van der Waals surface area contributed by atoms with E-state index >= 15 is 0 Å². The minimum Gasteiger partial charge on any atom is -0.478 e. The number of carbonyl (C=O) groups is 2. The summed E-state index contributed by atoms with van der Waals surface area (Å²) in [6.07, 6.45) is 1.96. The molecule has 1 amide bonds. The molecule has 0 aromatic carbocycles. The highest BCUT2D eigenvalue weighted by Gasteiger charge is 2.20. The molecule has 1 unspecified atom stereocenters. The standard InChI is InChI=1S/C13H19NO4S/c1-8(7-19-4)12(15)14(3)6-10-5-11(13(16)17)9(2)18-10/h5,8H,6-7H2,1-4H3,(H,16,17). The van der Waals surface area contributed by atoms with E-state index in [2.05, 4.69) is 0 Å². The molecule has 0 radical (unpaired) electrons. The molecule has 1 heterocycles. The molecule has 0 aliphatic heterocycles. The van der Waals surface area contributed by atoms with Gasteiger partial charge in [0.15, 0.2) is 0 Å². The molecule has 0 saturated heterocycles. The van der Waals surface area contributed by atoms with Crippen LogP contribution in [0.5, 0.6) is 0 Å². The summed E-state index contributed by atoms with van der Waals surface area (Å²) in [4.78, 5) is 24.5. The Morgan fingerprint density at radius 2 is 2.16 bits per heavy atom. The van der Waals surface area contributed by atoms with Crippen molar-refractivity contribution in [2.75, 3.05) is 19.1 Å². The number of carbonyl (C=O) groups excluding carboxylic acids is 1. The van der Waals surface area contributed by atoms with Gasteiger partial charge < -0.3 is 14.4 Å². The van der Waals surface area contributed by atoms with Gasteiger partial charge in [-0.25, -0.2) is 4.79 Å². The monoisotopic (exact) mass is 285 g/mol. The van der Waals surface area contributed by atoms with Crippen LogP contribution in [0.1, 0.15) is 28.8 Å². The normalized spacial score (nSPS) is 12.2. The first kappa shape index (κ1) is 15.6. The number of carboxylic acid groups (broad SMARTS) is 1. The Morgan fingerprint density at radius 3 is 2.63 bits per heavy atom. The summed E-state index contributed by atoms with van der Waals surface area (Å²) >= 11 is 1.62. The SMILES string of the molecule is CSCC(C)C(=O)N(C)Cc1cc(C(=O)O)c(C)o1. The number of thioether (sulfide) groups is 1. The fraction of sp³-hybridized carbons (Fsp3) is 0.538. The average Bonchev–Trinajstić information content (AvgIpc) is 2.69. The molecule has 0 saturated carbocycles. The number of nitrogens with zero attached hydrogens (tertiary/aromatic N) is 1. The van der Waals surface area contributed by atoms with E-state index < -0.39 is 5.97 Å². The van der Waals surface area contributed by atoms with E-state index in [0.29, 0.717) is 11.5 Å². The van der Waals surface area contributed by atoms with Crippen LogP contribution in [0.4, 0.5) is 0 Å². The van der Waals surface area contributed by atoms with Gasteiger partial charge in [-0.3, -0.25) is 4.79 Å². The van der Waals surface area contributed by atoms with Gasteiger partial charge in [-0.2, -0.15) is 11.8 Å². The second-order valence-corrected chi connectivity index (χ2v) is 5.45. The first-order chi connectivity index (χ1) is 8.86. The van der Waals surface area contributed by atoms with Gasteiger partial charge in [0.2, 0.25) is 5.91 Å². The topological polar surface area (TPSA) is 70.8 Å². The summed E-state index contributed by atoms with van der Waals surface area (Å²) < 4.78 is 5.36. The van der Waals surface area contributed by atoms with Crippen molar-refractivity contribution in [3.8, 4) is 0 Å². The summed E-state index contributed by atoms with van der Waals surface area (Å²) in [6.45, 7) is 3.77. The maximum Gasteiger partial charge on any atom is 0.339 e. The molecule has 1 N–H and O–H groups in total. The third-order valence-electron chi connectivity index (χ3n) is 2.81. The van der Waals surface area contributed by atoms with Crippen molar-refractivity contribution in [3.05, 3.63) is 23.2 Å². The second-order valence-electron chi connectivity index (χ2n) is 4.54. The quantitative estimate of drug-likeness (QED) is 0.868. The van der Waals surface area contributed by atoms with Crippen LogP contribution in [-0.2, 0) is 11.3 Å². The van der Waals surface area contributed by atoms with Gasteiger partial charge in [-0.1, -0.05) is 6.92 Å². The summed E-state index contributed by atoms with van der Waals surface area (Å²) in [7, 11) is 1.69. The van der Waals surface area contributed by atoms with E-state index in [-0.39, 0.29) is 23.9 Å². The largest absolute Gasteiger partial charge is 0.478 e. The number of furan rings is 1. The number of aromatic carboxylic acids is 1. The number of amides is 1. The first-order valence-corrected chi connectivity index (χ1v) is 7.32. The highest BCUT2D eigenvalue weighted by Crippen LogP contribution is 2.17. The van der Waals surface area contributed by atoms with Gasteiger partial charge in [0.25, 0.3) is 0 Å². The molecule has 0 fully saturated rings. The molecular weight excluding hydrogens is 266 g/mol. The maximum absolute atomic E-state index is 12.0. The Morgan fingerprint density at radius 1 is 1.53 bits per heavy atom. The lowest BCUT2D eigenvalue weighted by Crippen LogP contribution is -2.32. The number of hydrogen-bond acceptors (Lipinski definition) is 4. The van der Waals surface area contributed by atoms with E-state index in [0.717, 1.165) is 5.75 Å². The highest BCUT2D eigenvalue weighted by molar-refractivity contribution is 7.98. The van der Waals surface area contributed by atoms with Crippen molar-refractivity contribution in [3.63, 3.8) is 0 Å². The summed E-state index contributed by atoms with van der Waals surface area (Å²) in [5.74, 6) is 0.566. The van der Waals surface area contributed by atoms with Gasteiger partial charge in [0, 0.05) is 18.7 Å².